The summed E-state index contributed by atoms with van der Waals surface area (Å²) in [6.07, 6.45) is -1.86. The quantitative estimate of drug-likeness (QED) is 0.273. The number of amides is 4. The molecule has 4 N–H and O–H groups in total. The van der Waals surface area contributed by atoms with Gasteiger partial charge in [-0.25, -0.2) is 14.2 Å². The molecule has 0 bridgehead atoms. The molecular weight excluding hydrogens is 634 g/mol. The second kappa shape index (κ2) is 12.1. The lowest BCUT2D eigenvalue weighted by Gasteiger charge is -2.23. The first kappa shape index (κ1) is 31.5. The van der Waals surface area contributed by atoms with E-state index in [1.165, 1.54) is 25.2 Å². The number of likely N-dealkylation sites (tertiary alicyclic amines) is 1. The van der Waals surface area contributed by atoms with E-state index < -0.39 is 35.7 Å². The van der Waals surface area contributed by atoms with Gasteiger partial charge in [-0.05, 0) is 31.2 Å². The van der Waals surface area contributed by atoms with Gasteiger partial charge in [0.1, 0.15) is 5.83 Å². The zero-order valence-corrected chi connectivity index (χ0v) is 25.3. The molecule has 17 heteroatoms. The fourth-order valence-corrected chi connectivity index (χ4v) is 6.36. The number of carbonyl (C=O) groups is 3. The number of carbonyl (C=O) groups excluding carboxylic acids is 3. The Balaban J connectivity index is 1.07. The van der Waals surface area contributed by atoms with Crippen LogP contribution in [0.3, 0.4) is 0 Å². The summed E-state index contributed by atoms with van der Waals surface area (Å²) in [7, 11) is 1.36. The maximum absolute atomic E-state index is 13.7. The van der Waals surface area contributed by atoms with Gasteiger partial charge in [0.25, 0.3) is 11.8 Å². The van der Waals surface area contributed by atoms with E-state index in [9.17, 15) is 31.9 Å². The zero-order chi connectivity index (χ0) is 32.9. The van der Waals surface area contributed by atoms with Crippen molar-refractivity contribution in [3.63, 3.8) is 0 Å². The highest BCUT2D eigenvalue weighted by atomic mass is 35.5. The van der Waals surface area contributed by atoms with Crippen molar-refractivity contribution in [1.82, 2.24) is 40.2 Å². The molecule has 2 saturated heterocycles. The third-order valence-corrected chi connectivity index (χ3v) is 8.78. The number of rotatable bonds is 8. The summed E-state index contributed by atoms with van der Waals surface area (Å²) in [6, 6.07) is 4.28. The predicted octanol–water partition coefficient (Wildman–Crippen LogP) is 3.42. The van der Waals surface area contributed by atoms with Crippen LogP contribution < -0.4 is 21.3 Å². The average molecular weight is 664 g/mol. The SMILES string of the molecule is C=C(F)Cn1cc(-c2cnc(C(=O)Nc3ccc(C(=O)NC4[C@H]5CN(C(=O)N[C@H]6CCNC6)C[C@@H]45)c(Cl)c3)n2C)c(C(F)(F)F)n1. The van der Waals surface area contributed by atoms with Crippen LogP contribution in [0.5, 0.6) is 0 Å². The number of halogens is 5. The summed E-state index contributed by atoms with van der Waals surface area (Å²) in [4.78, 5) is 44.3. The van der Waals surface area contributed by atoms with Crippen molar-refractivity contribution in [3.05, 3.63) is 65.1 Å². The Kier molecular flexibility index (Phi) is 8.27. The van der Waals surface area contributed by atoms with Crippen molar-refractivity contribution in [2.45, 2.75) is 31.2 Å². The Morgan fingerprint density at radius 3 is 2.52 bits per heavy atom. The van der Waals surface area contributed by atoms with Gasteiger partial charge >= 0.3 is 12.2 Å². The highest BCUT2D eigenvalue weighted by molar-refractivity contribution is 6.34. The molecule has 3 fully saturated rings. The molecule has 6 rings (SSSR count). The number of urea groups is 1. The third kappa shape index (κ3) is 6.31. The van der Waals surface area contributed by atoms with Crippen LogP contribution in [0, 0.1) is 11.8 Å². The number of hydrogen-bond acceptors (Lipinski definition) is 6. The van der Waals surface area contributed by atoms with Crippen molar-refractivity contribution in [2.75, 3.05) is 31.5 Å². The monoisotopic (exact) mass is 663 g/mol. The normalized spacial score (nSPS) is 22.0. The molecule has 3 aromatic rings. The molecule has 4 amide bonds. The molecule has 4 atom stereocenters. The van der Waals surface area contributed by atoms with Gasteiger partial charge in [-0.1, -0.05) is 18.2 Å². The van der Waals surface area contributed by atoms with Crippen LogP contribution in [0.2, 0.25) is 5.02 Å². The molecule has 1 aliphatic carbocycles. The van der Waals surface area contributed by atoms with Crippen LogP contribution in [0.1, 0.15) is 33.1 Å². The number of nitrogens with one attached hydrogen (secondary N) is 4. The van der Waals surface area contributed by atoms with E-state index in [4.69, 9.17) is 11.6 Å². The first-order valence-corrected chi connectivity index (χ1v) is 14.9. The van der Waals surface area contributed by atoms with Crippen LogP contribution in [0.4, 0.5) is 28.0 Å². The number of benzene rings is 1. The van der Waals surface area contributed by atoms with Crippen molar-refractivity contribution < 1.29 is 31.9 Å². The average Bonchev–Trinajstić information content (AvgIpc) is 3.58. The van der Waals surface area contributed by atoms with Crippen LogP contribution >= 0.6 is 11.6 Å². The van der Waals surface area contributed by atoms with E-state index in [-0.39, 0.29) is 63.6 Å². The largest absolute Gasteiger partial charge is 0.435 e. The standard InChI is InChI=1S/C29H30ClF4N9O3/c1-14(31)10-43-13-20(24(40-43)29(32,33)34)22-9-36-25(41(22)2)27(45)37-15-3-4-17(21(30)7-15)26(44)39-23-18-11-42(12-19(18)23)28(46)38-16-5-6-35-8-16/h3-4,7,9,13,16,18-19,23,35H,1,5-6,8,10-12H2,2H3,(H,37,45)(H,38,46)(H,39,44)/t16-,18-,19+,23?/m0/s1. The van der Waals surface area contributed by atoms with E-state index in [1.54, 1.807) is 4.90 Å². The number of anilines is 1. The Hall–Kier alpha value is -4.44. The lowest BCUT2D eigenvalue weighted by Crippen LogP contribution is -2.46. The number of allylic oxidation sites excluding steroid dienone is 1. The molecule has 1 unspecified atom stereocenters. The topological polar surface area (TPSA) is 138 Å². The van der Waals surface area contributed by atoms with Crippen molar-refractivity contribution in [3.8, 4) is 11.3 Å². The van der Waals surface area contributed by atoms with Gasteiger partial charge in [-0.2, -0.15) is 18.3 Å². The molecule has 12 nitrogen and oxygen atoms in total. The van der Waals surface area contributed by atoms with Crippen molar-refractivity contribution >= 4 is 35.1 Å². The fraction of sp³-hybridized carbons (Fsp3) is 0.414. The number of fused-ring (bicyclic) bond motifs is 1. The third-order valence-electron chi connectivity index (χ3n) is 8.47. The Bertz CT molecular complexity index is 1700. The molecule has 2 aliphatic heterocycles. The van der Waals surface area contributed by atoms with Crippen LogP contribution in [-0.2, 0) is 19.8 Å². The number of aromatic nitrogens is 4. The first-order chi connectivity index (χ1) is 21.8. The van der Waals surface area contributed by atoms with Gasteiger partial charge < -0.3 is 30.7 Å². The molecule has 1 saturated carbocycles. The Labute approximate surface area is 265 Å². The lowest BCUT2D eigenvalue weighted by atomic mass is 10.2. The second-order valence-electron chi connectivity index (χ2n) is 11.6. The number of imidazole rings is 1. The van der Waals surface area contributed by atoms with E-state index in [0.717, 1.165) is 41.2 Å². The summed E-state index contributed by atoms with van der Waals surface area (Å²) >= 11 is 6.39. The minimum absolute atomic E-state index is 0.0708. The van der Waals surface area contributed by atoms with E-state index in [1.807, 2.05) is 0 Å². The van der Waals surface area contributed by atoms with Gasteiger partial charge in [0.2, 0.25) is 0 Å². The molecule has 3 aliphatic rings. The van der Waals surface area contributed by atoms with Crippen LogP contribution in [0.25, 0.3) is 11.3 Å². The lowest BCUT2D eigenvalue weighted by molar-refractivity contribution is -0.141. The van der Waals surface area contributed by atoms with Gasteiger partial charge in [-0.3, -0.25) is 14.3 Å². The smallest absolute Gasteiger partial charge is 0.349 e. The van der Waals surface area contributed by atoms with E-state index in [0.29, 0.717) is 13.1 Å². The number of nitrogens with zero attached hydrogens (tertiary/aromatic N) is 5. The van der Waals surface area contributed by atoms with Gasteiger partial charge in [-0.15, -0.1) is 0 Å². The van der Waals surface area contributed by atoms with Gasteiger partial charge in [0.05, 0.1) is 34.6 Å². The van der Waals surface area contributed by atoms with Gasteiger partial charge in [0.15, 0.2) is 11.5 Å². The first-order valence-electron chi connectivity index (χ1n) is 14.5. The summed E-state index contributed by atoms with van der Waals surface area (Å²) in [5.74, 6) is -1.89. The summed E-state index contributed by atoms with van der Waals surface area (Å²) in [6.45, 7) is 5.25. The fourth-order valence-electron chi connectivity index (χ4n) is 6.09. The minimum Gasteiger partial charge on any atom is -0.349 e. The molecule has 4 heterocycles. The molecule has 0 spiro atoms. The molecule has 46 heavy (non-hydrogen) atoms. The maximum Gasteiger partial charge on any atom is 0.435 e. The number of hydrogen-bond donors (Lipinski definition) is 4. The van der Waals surface area contributed by atoms with Gasteiger partial charge in [0, 0.05) is 62.5 Å². The molecule has 2 aromatic heterocycles. The van der Waals surface area contributed by atoms with Crippen LogP contribution in [0.15, 0.2) is 43.0 Å². The highest BCUT2D eigenvalue weighted by Gasteiger charge is 2.57. The summed E-state index contributed by atoms with van der Waals surface area (Å²) in [5, 5.41) is 15.3. The highest BCUT2D eigenvalue weighted by Crippen LogP contribution is 2.45. The number of alkyl halides is 3. The van der Waals surface area contributed by atoms with Crippen LogP contribution in [-0.4, -0.2) is 80.3 Å². The predicted molar refractivity (Wildman–Crippen MR) is 159 cm³/mol. The van der Waals surface area contributed by atoms with Crippen molar-refractivity contribution in [1.29, 1.82) is 0 Å². The molecule has 0 radical (unpaired) electrons. The molecular formula is C29H30ClF4N9O3. The minimum atomic E-state index is -4.85. The molecule has 1 aromatic carbocycles. The van der Waals surface area contributed by atoms with E-state index >= 15 is 0 Å². The number of piperidine rings is 1. The maximum atomic E-state index is 13.7. The van der Waals surface area contributed by atoms with E-state index in [2.05, 4.69) is 37.9 Å². The molecule has 244 valence electrons. The summed E-state index contributed by atoms with van der Waals surface area (Å²) < 4.78 is 56.2. The Morgan fingerprint density at radius 1 is 1.15 bits per heavy atom. The second-order valence-corrected chi connectivity index (χ2v) is 12.1. The van der Waals surface area contributed by atoms with Crippen molar-refractivity contribution in [2.24, 2.45) is 18.9 Å². The Morgan fingerprint density at radius 2 is 1.89 bits per heavy atom. The zero-order valence-electron chi connectivity index (χ0n) is 24.5. The summed E-state index contributed by atoms with van der Waals surface area (Å²) in [5.41, 5.74) is -1.31.